The molecule has 96 valence electrons. The summed E-state index contributed by atoms with van der Waals surface area (Å²) in [5.74, 6) is 0.522. The molecule has 16 heavy (non-hydrogen) atoms. The molecule has 0 amide bonds. The largest absolute Gasteiger partial charge is 0.396 e. The van der Waals surface area contributed by atoms with Crippen LogP contribution in [0, 0.1) is 5.92 Å². The van der Waals surface area contributed by atoms with E-state index in [1.54, 1.807) is 0 Å². The lowest BCUT2D eigenvalue weighted by atomic mass is 9.98. The van der Waals surface area contributed by atoms with E-state index in [1.807, 2.05) is 6.92 Å². The number of hydrogen-bond acceptors (Lipinski definition) is 4. The Morgan fingerprint density at radius 1 is 1.44 bits per heavy atom. The number of aliphatic hydroxyl groups is 1. The molecule has 1 fully saturated rings. The third-order valence-corrected chi connectivity index (χ3v) is 3.40. The van der Waals surface area contributed by atoms with Gasteiger partial charge in [0.15, 0.2) is 0 Å². The number of likely N-dealkylation sites (tertiary alicyclic amines) is 1. The quantitative estimate of drug-likeness (QED) is 0.666. The summed E-state index contributed by atoms with van der Waals surface area (Å²) in [6, 6.07) is 0. The van der Waals surface area contributed by atoms with Crippen LogP contribution < -0.4 is 5.73 Å². The summed E-state index contributed by atoms with van der Waals surface area (Å²) in [6.45, 7) is 6.99. The van der Waals surface area contributed by atoms with Gasteiger partial charge < -0.3 is 20.5 Å². The van der Waals surface area contributed by atoms with Gasteiger partial charge in [0.05, 0.1) is 6.10 Å². The van der Waals surface area contributed by atoms with Crippen molar-refractivity contribution in [2.45, 2.75) is 32.3 Å². The molecule has 1 unspecified atom stereocenters. The van der Waals surface area contributed by atoms with Crippen molar-refractivity contribution in [2.75, 3.05) is 39.4 Å². The van der Waals surface area contributed by atoms with Gasteiger partial charge >= 0.3 is 0 Å². The first-order valence-corrected chi connectivity index (χ1v) is 6.45. The second-order valence-electron chi connectivity index (χ2n) is 4.57. The molecule has 3 N–H and O–H groups in total. The van der Waals surface area contributed by atoms with Crippen LogP contribution in [-0.2, 0) is 4.74 Å². The summed E-state index contributed by atoms with van der Waals surface area (Å²) >= 11 is 0. The molecule has 0 aromatic heterocycles. The van der Waals surface area contributed by atoms with Crippen LogP contribution in [0.15, 0.2) is 0 Å². The lowest BCUT2D eigenvalue weighted by Crippen LogP contribution is -2.37. The number of hydrogen-bond donors (Lipinski definition) is 2. The zero-order valence-corrected chi connectivity index (χ0v) is 10.4. The lowest BCUT2D eigenvalue weighted by Gasteiger charge is -2.31. The molecule has 0 saturated carbocycles. The zero-order chi connectivity index (χ0) is 11.8. The molecule has 0 aliphatic carbocycles. The fourth-order valence-corrected chi connectivity index (χ4v) is 2.22. The van der Waals surface area contributed by atoms with Crippen LogP contribution in [0.25, 0.3) is 0 Å². The highest BCUT2D eigenvalue weighted by Crippen LogP contribution is 2.16. The van der Waals surface area contributed by atoms with Crippen LogP contribution in [-0.4, -0.2) is 55.5 Å². The van der Waals surface area contributed by atoms with Crippen LogP contribution in [0.4, 0.5) is 0 Å². The molecular weight excluding hydrogens is 204 g/mol. The first-order chi connectivity index (χ1) is 7.80. The number of ether oxygens (including phenoxy) is 1. The Morgan fingerprint density at radius 2 is 2.12 bits per heavy atom. The average molecular weight is 230 g/mol. The van der Waals surface area contributed by atoms with Crippen LogP contribution in [0.2, 0.25) is 0 Å². The molecule has 1 heterocycles. The molecule has 0 spiro atoms. The number of piperidine rings is 1. The minimum Gasteiger partial charge on any atom is -0.396 e. The molecule has 0 bridgehead atoms. The molecule has 1 aliphatic rings. The van der Waals surface area contributed by atoms with Gasteiger partial charge in [0.1, 0.15) is 0 Å². The first-order valence-electron chi connectivity index (χ1n) is 6.45. The normalized spacial score (nSPS) is 21.2. The van der Waals surface area contributed by atoms with Gasteiger partial charge in [-0.3, -0.25) is 0 Å². The summed E-state index contributed by atoms with van der Waals surface area (Å²) in [4.78, 5) is 2.45. The second-order valence-corrected chi connectivity index (χ2v) is 4.57. The second kappa shape index (κ2) is 8.01. The van der Waals surface area contributed by atoms with Crippen molar-refractivity contribution in [1.82, 2.24) is 4.90 Å². The highest BCUT2D eigenvalue weighted by atomic mass is 16.5. The predicted octanol–water partition coefficient (Wildman–Crippen LogP) is 0.445. The summed E-state index contributed by atoms with van der Waals surface area (Å²) in [5.41, 5.74) is 5.64. The van der Waals surface area contributed by atoms with Gasteiger partial charge in [0, 0.05) is 26.3 Å². The van der Waals surface area contributed by atoms with Crippen molar-refractivity contribution in [3.05, 3.63) is 0 Å². The maximum absolute atomic E-state index is 9.05. The molecule has 4 nitrogen and oxygen atoms in total. The van der Waals surface area contributed by atoms with Crippen molar-refractivity contribution >= 4 is 0 Å². The molecular formula is C12H26N2O2. The third-order valence-electron chi connectivity index (χ3n) is 3.40. The van der Waals surface area contributed by atoms with E-state index in [0.29, 0.717) is 19.1 Å². The van der Waals surface area contributed by atoms with Gasteiger partial charge in [0.25, 0.3) is 0 Å². The van der Waals surface area contributed by atoms with Crippen molar-refractivity contribution in [1.29, 1.82) is 0 Å². The Morgan fingerprint density at radius 3 is 2.62 bits per heavy atom. The van der Waals surface area contributed by atoms with Gasteiger partial charge in [-0.15, -0.1) is 0 Å². The van der Waals surface area contributed by atoms with Gasteiger partial charge in [-0.25, -0.2) is 0 Å². The summed E-state index contributed by atoms with van der Waals surface area (Å²) in [5, 5.41) is 9.05. The minimum absolute atomic E-state index is 0.209. The van der Waals surface area contributed by atoms with Gasteiger partial charge in [-0.1, -0.05) is 0 Å². The molecule has 1 rings (SSSR count). The van der Waals surface area contributed by atoms with Crippen LogP contribution >= 0.6 is 0 Å². The number of nitrogens with two attached hydrogens (primary N) is 1. The smallest absolute Gasteiger partial charge is 0.0709 e. The fourth-order valence-electron chi connectivity index (χ4n) is 2.22. The lowest BCUT2D eigenvalue weighted by molar-refractivity contribution is 0.0484. The van der Waals surface area contributed by atoms with E-state index in [1.165, 1.54) is 0 Å². The van der Waals surface area contributed by atoms with E-state index >= 15 is 0 Å². The molecule has 0 aromatic rings. The Hall–Kier alpha value is -0.160. The summed E-state index contributed by atoms with van der Waals surface area (Å²) < 4.78 is 5.53. The fraction of sp³-hybridized carbons (Fsp3) is 1.00. The van der Waals surface area contributed by atoms with Gasteiger partial charge in [-0.05, 0) is 45.2 Å². The topological polar surface area (TPSA) is 58.7 Å². The molecule has 4 heteroatoms. The van der Waals surface area contributed by atoms with E-state index in [4.69, 9.17) is 15.6 Å². The molecule has 1 atom stereocenters. The van der Waals surface area contributed by atoms with Crippen molar-refractivity contribution in [3.8, 4) is 0 Å². The van der Waals surface area contributed by atoms with E-state index in [9.17, 15) is 0 Å². The number of rotatable bonds is 7. The number of nitrogens with zero attached hydrogens (tertiary/aromatic N) is 1. The van der Waals surface area contributed by atoms with Crippen LogP contribution in [0.5, 0.6) is 0 Å². The molecule has 1 aliphatic heterocycles. The monoisotopic (exact) mass is 230 g/mol. The highest BCUT2D eigenvalue weighted by molar-refractivity contribution is 4.73. The van der Waals surface area contributed by atoms with Crippen LogP contribution in [0.1, 0.15) is 26.2 Å². The van der Waals surface area contributed by atoms with Gasteiger partial charge in [-0.2, -0.15) is 0 Å². The standard InChI is InChI=1S/C12H26N2O2/c1-2-16-12(9-13)5-8-14-6-3-11(10-15)4-7-14/h11-12,15H,2-10,13H2,1H3. The summed E-state index contributed by atoms with van der Waals surface area (Å²) in [6.07, 6.45) is 3.48. The van der Waals surface area contributed by atoms with Crippen molar-refractivity contribution < 1.29 is 9.84 Å². The number of aliphatic hydroxyl groups excluding tert-OH is 1. The molecule has 0 radical (unpaired) electrons. The van der Waals surface area contributed by atoms with Gasteiger partial charge in [0.2, 0.25) is 0 Å². The van der Waals surface area contributed by atoms with Crippen LogP contribution in [0.3, 0.4) is 0 Å². The van der Waals surface area contributed by atoms with Crippen molar-refractivity contribution in [3.63, 3.8) is 0 Å². The minimum atomic E-state index is 0.209. The van der Waals surface area contributed by atoms with Crippen molar-refractivity contribution in [2.24, 2.45) is 11.7 Å². The maximum Gasteiger partial charge on any atom is 0.0709 e. The molecule has 0 aromatic carbocycles. The third kappa shape index (κ3) is 4.78. The summed E-state index contributed by atoms with van der Waals surface area (Å²) in [7, 11) is 0. The van der Waals surface area contributed by atoms with E-state index in [2.05, 4.69) is 4.90 Å². The first kappa shape index (κ1) is 13.9. The Balaban J connectivity index is 2.13. The average Bonchev–Trinajstić information content (AvgIpc) is 2.35. The highest BCUT2D eigenvalue weighted by Gasteiger charge is 2.18. The zero-order valence-electron chi connectivity index (χ0n) is 10.4. The van der Waals surface area contributed by atoms with E-state index < -0.39 is 0 Å². The Bertz CT molecular complexity index is 170. The SMILES string of the molecule is CCOC(CN)CCN1CCC(CO)CC1. The Labute approximate surface area is 98.8 Å². The molecule has 1 saturated heterocycles. The predicted molar refractivity (Wildman–Crippen MR) is 65.3 cm³/mol. The Kier molecular flexibility index (Phi) is 6.96. The maximum atomic E-state index is 9.05. The van der Waals surface area contributed by atoms with E-state index in [-0.39, 0.29) is 6.10 Å². The van der Waals surface area contributed by atoms with E-state index in [0.717, 1.165) is 45.5 Å².